The molecule has 0 radical (unpaired) electrons. The summed E-state index contributed by atoms with van der Waals surface area (Å²) >= 11 is 3.39. The van der Waals surface area contributed by atoms with Crippen molar-refractivity contribution in [1.29, 1.82) is 0 Å². The van der Waals surface area contributed by atoms with Gasteiger partial charge in [-0.15, -0.1) is 0 Å². The van der Waals surface area contributed by atoms with Crippen LogP contribution >= 0.6 is 15.9 Å². The summed E-state index contributed by atoms with van der Waals surface area (Å²) in [6, 6.07) is 9.21. The number of hydrogen-bond donors (Lipinski definition) is 0. The van der Waals surface area contributed by atoms with Crippen LogP contribution in [0.15, 0.2) is 34.8 Å². The lowest BCUT2D eigenvalue weighted by Crippen LogP contribution is -2.29. The van der Waals surface area contributed by atoms with E-state index in [2.05, 4.69) is 22.9 Å². The Balaban J connectivity index is 1.88. The summed E-state index contributed by atoms with van der Waals surface area (Å²) in [6.07, 6.45) is 2.03. The zero-order valence-corrected chi connectivity index (χ0v) is 17.3. The third-order valence-corrected chi connectivity index (χ3v) is 5.00. The van der Waals surface area contributed by atoms with Crippen molar-refractivity contribution in [2.45, 2.75) is 33.2 Å². The molecule has 27 heavy (non-hydrogen) atoms. The lowest BCUT2D eigenvalue weighted by Gasteiger charge is -2.20. The molecule has 0 N–H and O–H groups in total. The van der Waals surface area contributed by atoms with Crippen molar-refractivity contribution in [1.82, 2.24) is 0 Å². The lowest BCUT2D eigenvalue weighted by atomic mass is 10.1. The number of fused-ring (bicyclic) bond motifs is 1. The van der Waals surface area contributed by atoms with Crippen molar-refractivity contribution in [3.8, 4) is 11.5 Å². The van der Waals surface area contributed by atoms with Gasteiger partial charge in [0, 0.05) is 4.47 Å². The van der Waals surface area contributed by atoms with Crippen LogP contribution in [-0.2, 0) is 11.3 Å². The lowest BCUT2D eigenvalue weighted by molar-refractivity contribution is -0.114. The summed E-state index contributed by atoms with van der Waals surface area (Å²) < 4.78 is 12.0. The maximum absolute atomic E-state index is 12.5. The number of carbonyl (C=O) groups is 2. The van der Waals surface area contributed by atoms with Crippen molar-refractivity contribution >= 4 is 33.3 Å². The fourth-order valence-electron chi connectivity index (χ4n) is 3.20. The van der Waals surface area contributed by atoms with Crippen molar-refractivity contribution in [3.05, 3.63) is 51.5 Å². The first kappa shape index (κ1) is 19.4. The number of amides is 1. The molecule has 5 nitrogen and oxygen atoms in total. The highest BCUT2D eigenvalue weighted by atomic mass is 79.9. The van der Waals surface area contributed by atoms with Crippen LogP contribution in [0.3, 0.4) is 0 Å². The summed E-state index contributed by atoms with van der Waals surface area (Å²) in [5, 5.41) is 0. The Morgan fingerprint density at radius 1 is 1.11 bits per heavy atom. The summed E-state index contributed by atoms with van der Waals surface area (Å²) in [7, 11) is 1.59. The predicted molar refractivity (Wildman–Crippen MR) is 108 cm³/mol. The van der Waals surface area contributed by atoms with Gasteiger partial charge < -0.3 is 14.4 Å². The molecule has 0 bridgehead atoms. The average Bonchev–Trinajstić information content (AvgIpc) is 2.88. The Kier molecular flexibility index (Phi) is 5.85. The molecule has 2 aromatic rings. The highest BCUT2D eigenvalue weighted by Crippen LogP contribution is 2.37. The summed E-state index contributed by atoms with van der Waals surface area (Å²) in [5.41, 5.74) is 2.87. The highest BCUT2D eigenvalue weighted by molar-refractivity contribution is 9.10. The van der Waals surface area contributed by atoms with Crippen LogP contribution in [0.4, 0.5) is 5.69 Å². The van der Waals surface area contributed by atoms with E-state index in [9.17, 15) is 9.59 Å². The monoisotopic (exact) mass is 431 g/mol. The van der Waals surface area contributed by atoms with Gasteiger partial charge in [-0.3, -0.25) is 9.59 Å². The molecule has 0 saturated carbocycles. The maximum atomic E-state index is 12.5. The van der Waals surface area contributed by atoms with Gasteiger partial charge in [0.2, 0.25) is 0 Å². The van der Waals surface area contributed by atoms with Crippen LogP contribution in [0.5, 0.6) is 11.5 Å². The van der Waals surface area contributed by atoms with Crippen LogP contribution in [-0.4, -0.2) is 25.4 Å². The molecule has 0 saturated heterocycles. The van der Waals surface area contributed by atoms with E-state index < -0.39 is 11.7 Å². The van der Waals surface area contributed by atoms with Crippen LogP contribution in [0.2, 0.25) is 0 Å². The topological polar surface area (TPSA) is 55.8 Å². The fourth-order valence-corrected chi connectivity index (χ4v) is 3.77. The van der Waals surface area contributed by atoms with E-state index in [0.717, 1.165) is 28.4 Å². The molecule has 1 amide bonds. The molecule has 142 valence electrons. The number of nitrogens with zero attached hydrogens (tertiary/aromatic N) is 1. The van der Waals surface area contributed by atoms with Crippen molar-refractivity contribution in [2.75, 3.05) is 18.6 Å². The molecule has 0 fully saturated rings. The minimum absolute atomic E-state index is 0.297. The summed E-state index contributed by atoms with van der Waals surface area (Å²) in [6.45, 7) is 4.93. The molecule has 3 rings (SSSR count). The molecule has 1 aliphatic rings. The number of unbranched alkanes of at least 4 members (excludes halogenated alkanes) is 1. The van der Waals surface area contributed by atoms with Gasteiger partial charge in [-0.2, -0.15) is 0 Å². The second-order valence-corrected chi connectivity index (χ2v) is 7.44. The minimum Gasteiger partial charge on any atom is -0.493 e. The quantitative estimate of drug-likeness (QED) is 0.471. The zero-order chi connectivity index (χ0) is 19.6. The first-order valence-corrected chi connectivity index (χ1v) is 9.71. The van der Waals surface area contributed by atoms with E-state index in [1.54, 1.807) is 13.2 Å². The SMILES string of the molecule is CCCCOc1ccc(CN2C(=O)C(=O)c3cc(Br)cc(C)c32)cc1OC. The van der Waals surface area contributed by atoms with Gasteiger partial charge in [0.25, 0.3) is 11.7 Å². The van der Waals surface area contributed by atoms with Crippen LogP contribution in [0.25, 0.3) is 0 Å². The van der Waals surface area contributed by atoms with Gasteiger partial charge in [0.1, 0.15) is 0 Å². The van der Waals surface area contributed by atoms with E-state index in [0.29, 0.717) is 35.9 Å². The number of methoxy groups -OCH3 is 1. The number of Topliss-reactive ketones (excluding diaryl/α,β-unsaturated/α-hetero) is 1. The summed E-state index contributed by atoms with van der Waals surface area (Å²) in [5.74, 6) is 0.322. The number of carbonyl (C=O) groups excluding carboxylic acids is 2. The molecular weight excluding hydrogens is 410 g/mol. The zero-order valence-electron chi connectivity index (χ0n) is 15.7. The second-order valence-electron chi connectivity index (χ2n) is 6.53. The molecule has 0 spiro atoms. The van der Waals surface area contributed by atoms with Gasteiger partial charge in [0.05, 0.1) is 31.5 Å². The van der Waals surface area contributed by atoms with Gasteiger partial charge in [-0.1, -0.05) is 35.3 Å². The Bertz CT molecular complexity index is 894. The molecule has 0 atom stereocenters. The van der Waals surface area contributed by atoms with E-state index in [4.69, 9.17) is 9.47 Å². The van der Waals surface area contributed by atoms with Gasteiger partial charge in [0.15, 0.2) is 11.5 Å². The third kappa shape index (κ3) is 3.86. The number of ketones is 1. The normalized spacial score (nSPS) is 13.1. The molecule has 6 heteroatoms. The number of hydrogen-bond acceptors (Lipinski definition) is 4. The number of halogens is 1. The molecule has 0 unspecified atom stereocenters. The number of aryl methyl sites for hydroxylation is 1. The van der Waals surface area contributed by atoms with Crippen LogP contribution in [0.1, 0.15) is 41.3 Å². The van der Waals surface area contributed by atoms with Gasteiger partial charge in [-0.25, -0.2) is 0 Å². The standard InChI is InChI=1S/C21H22BrNO4/c1-4-5-8-27-17-7-6-14(10-18(17)26-3)12-23-19-13(2)9-15(22)11-16(19)20(24)21(23)25/h6-7,9-11H,4-5,8,12H2,1-3H3. The van der Waals surface area contributed by atoms with E-state index in [1.165, 1.54) is 4.90 Å². The van der Waals surface area contributed by atoms with E-state index >= 15 is 0 Å². The smallest absolute Gasteiger partial charge is 0.299 e. The van der Waals surface area contributed by atoms with Gasteiger partial charge in [-0.05, 0) is 48.7 Å². The molecule has 2 aromatic carbocycles. The average molecular weight is 432 g/mol. The largest absolute Gasteiger partial charge is 0.493 e. The number of benzene rings is 2. The minimum atomic E-state index is -0.506. The Morgan fingerprint density at radius 3 is 2.59 bits per heavy atom. The number of ether oxygens (including phenoxy) is 2. The molecular formula is C21H22BrNO4. The third-order valence-electron chi connectivity index (χ3n) is 4.54. The second kappa shape index (κ2) is 8.13. The molecule has 0 aromatic heterocycles. The maximum Gasteiger partial charge on any atom is 0.299 e. The van der Waals surface area contributed by atoms with Crippen LogP contribution in [0, 0.1) is 6.92 Å². The van der Waals surface area contributed by atoms with Gasteiger partial charge >= 0.3 is 0 Å². The van der Waals surface area contributed by atoms with Crippen molar-refractivity contribution in [3.63, 3.8) is 0 Å². The molecule has 1 heterocycles. The molecule has 0 aliphatic carbocycles. The first-order valence-electron chi connectivity index (χ1n) is 8.92. The Hall–Kier alpha value is -2.34. The predicted octanol–water partition coefficient (Wildman–Crippen LogP) is 4.67. The first-order chi connectivity index (χ1) is 13.0. The van der Waals surface area contributed by atoms with Crippen LogP contribution < -0.4 is 14.4 Å². The van der Waals surface area contributed by atoms with Crippen molar-refractivity contribution < 1.29 is 19.1 Å². The van der Waals surface area contributed by atoms with Crippen molar-refractivity contribution in [2.24, 2.45) is 0 Å². The van der Waals surface area contributed by atoms with E-state index in [-0.39, 0.29) is 0 Å². The number of rotatable bonds is 7. The fraction of sp³-hybridized carbons (Fsp3) is 0.333. The highest BCUT2D eigenvalue weighted by Gasteiger charge is 2.37. The Morgan fingerprint density at radius 2 is 1.89 bits per heavy atom. The summed E-state index contributed by atoms with van der Waals surface area (Å²) in [4.78, 5) is 26.4. The number of anilines is 1. The molecule has 1 aliphatic heterocycles. The Labute approximate surface area is 167 Å². The van der Waals surface area contributed by atoms with E-state index in [1.807, 2.05) is 31.2 Å².